The molecule has 5 rings (SSSR count). The number of aryl methyl sites for hydroxylation is 1. The molecule has 0 atom stereocenters. The van der Waals surface area contributed by atoms with E-state index >= 15 is 8.78 Å². The molecule has 9 nitrogen and oxygen atoms in total. The zero-order valence-electron chi connectivity index (χ0n) is 24.8. The highest BCUT2D eigenvalue weighted by Gasteiger charge is 2.44. The van der Waals surface area contributed by atoms with Gasteiger partial charge < -0.3 is 4.74 Å². The van der Waals surface area contributed by atoms with Crippen molar-refractivity contribution >= 4 is 39.2 Å². The van der Waals surface area contributed by atoms with Crippen molar-refractivity contribution < 1.29 is 26.7 Å². The maximum absolute atomic E-state index is 17.3. The van der Waals surface area contributed by atoms with Crippen LogP contribution in [0.1, 0.15) is 44.5 Å². The highest BCUT2D eigenvalue weighted by Crippen LogP contribution is 2.58. The number of rotatable bonds is 3. The Hall–Kier alpha value is -8.01. The molecule has 234 valence electrons. The third-order valence-electron chi connectivity index (χ3n) is 7.72. The minimum Gasteiger partial charge on any atom is -0.404 e. The molecule has 0 amide bonds. The molecule has 50 heavy (non-hydrogen) atoms. The van der Waals surface area contributed by atoms with Gasteiger partial charge >= 0.3 is 6.36 Å². The van der Waals surface area contributed by atoms with Crippen molar-refractivity contribution in [3.05, 3.63) is 150 Å². The average molecular weight is 665 g/mol. The van der Waals surface area contributed by atoms with Crippen LogP contribution in [0.4, 0.5) is 27.6 Å². The van der Waals surface area contributed by atoms with Gasteiger partial charge in [0.05, 0.1) is 49.6 Å². The molecule has 0 unspecified atom stereocenters. The van der Waals surface area contributed by atoms with Crippen molar-refractivity contribution in [3.63, 3.8) is 0 Å². The van der Waals surface area contributed by atoms with Crippen molar-refractivity contribution in [1.29, 1.82) is 21.0 Å². The van der Waals surface area contributed by atoms with Crippen molar-refractivity contribution in [2.24, 2.45) is 0 Å². The van der Waals surface area contributed by atoms with Gasteiger partial charge in [0, 0.05) is 27.8 Å². The monoisotopic (exact) mass is 664 g/mol. The van der Waals surface area contributed by atoms with Crippen LogP contribution >= 0.6 is 0 Å². The summed E-state index contributed by atoms with van der Waals surface area (Å²) in [4.78, 5) is 13.1. The fourth-order valence-corrected chi connectivity index (χ4v) is 5.77. The lowest BCUT2D eigenvalue weighted by Crippen LogP contribution is -2.17. The summed E-state index contributed by atoms with van der Waals surface area (Å²) in [6.45, 7) is 32.3. The number of hydrogen-bond acceptors (Lipinski definition) is 5. The predicted octanol–water partition coefficient (Wildman–Crippen LogP) is 9.15. The number of benzene rings is 3. The molecule has 3 aromatic rings. The maximum atomic E-state index is 17.3. The summed E-state index contributed by atoms with van der Waals surface area (Å²) in [6.07, 6.45) is -5.20. The number of nitrogens with zero attached hydrogens (tertiary/aromatic N) is 8. The Balaban J connectivity index is 1.98. The molecule has 2 aliphatic carbocycles. The lowest BCUT2D eigenvalue weighted by Gasteiger charge is -2.16. The molecule has 0 N–H and O–H groups in total. The summed E-state index contributed by atoms with van der Waals surface area (Å²) < 4.78 is 77.1. The largest absolute Gasteiger partial charge is 0.573 e. The number of allylic oxidation sites excluding steroid dienone is 7. The van der Waals surface area contributed by atoms with Crippen LogP contribution in [0.25, 0.3) is 52.9 Å². The van der Waals surface area contributed by atoms with E-state index < -0.39 is 90.9 Å². The van der Waals surface area contributed by atoms with Crippen LogP contribution in [-0.4, -0.2) is 6.36 Å². The quantitative estimate of drug-likeness (QED) is 0.157. The minimum atomic E-state index is -5.20. The van der Waals surface area contributed by atoms with Gasteiger partial charge in [-0.05, 0) is 58.5 Å². The van der Waals surface area contributed by atoms with Gasteiger partial charge in [-0.2, -0.15) is 10.5 Å². The van der Waals surface area contributed by atoms with E-state index in [0.717, 1.165) is 12.1 Å². The van der Waals surface area contributed by atoms with Gasteiger partial charge in [-0.3, -0.25) is 0 Å². The first-order valence-corrected chi connectivity index (χ1v) is 13.5. The molecular formula is C36H9F5N8O. The van der Waals surface area contributed by atoms with E-state index in [-0.39, 0.29) is 22.4 Å². The first-order valence-electron chi connectivity index (χ1n) is 13.5. The van der Waals surface area contributed by atoms with Crippen LogP contribution in [0.3, 0.4) is 0 Å². The second kappa shape index (κ2) is 12.3. The van der Waals surface area contributed by atoms with Gasteiger partial charge in [0.15, 0.2) is 5.69 Å². The second-order valence-corrected chi connectivity index (χ2v) is 10.2. The minimum absolute atomic E-state index is 0.0609. The number of ether oxygens (including phenoxy) is 1. The Morgan fingerprint density at radius 3 is 1.80 bits per heavy atom. The average Bonchev–Trinajstić information content (AvgIpc) is 3.63. The van der Waals surface area contributed by atoms with E-state index in [2.05, 4.69) is 24.1 Å². The lowest BCUT2D eigenvalue weighted by molar-refractivity contribution is -0.274. The Kier molecular flexibility index (Phi) is 8.21. The molecule has 0 spiro atoms. The van der Waals surface area contributed by atoms with E-state index in [1.54, 1.807) is 25.1 Å². The fourth-order valence-electron chi connectivity index (χ4n) is 5.77. The molecule has 0 fully saturated rings. The van der Waals surface area contributed by atoms with E-state index in [0.29, 0.717) is 11.6 Å². The van der Waals surface area contributed by atoms with E-state index in [9.17, 15) is 34.2 Å². The molecule has 2 aliphatic rings. The third-order valence-corrected chi connectivity index (χ3v) is 7.72. The fraction of sp³-hybridized carbons (Fsp3) is 0.0556. The summed E-state index contributed by atoms with van der Waals surface area (Å²) >= 11 is 0. The van der Waals surface area contributed by atoms with Crippen LogP contribution in [0.15, 0.2) is 47.8 Å². The Morgan fingerprint density at radius 2 is 1.28 bits per heavy atom. The summed E-state index contributed by atoms with van der Waals surface area (Å²) in [5, 5.41) is 39.8. The summed E-state index contributed by atoms with van der Waals surface area (Å²) in [5.41, 5.74) is -8.33. The Bertz CT molecular complexity index is 2590. The SMILES string of the molecule is [C-]#[N+]C1=C(c2ccc(C)c([N+]#[C-])c2)/C(=C(/C#N)[N+]#[C-])c2c(F)c3c(c(F)c21)C(C#N)=C(c1ccc(OC(F)(F)F)c(C#N)c1)/C3=C(\C#N)[N+]#[C-]. The van der Waals surface area contributed by atoms with Gasteiger partial charge in [-0.25, -0.2) is 38.7 Å². The predicted molar refractivity (Wildman–Crippen MR) is 166 cm³/mol. The highest BCUT2D eigenvalue weighted by molar-refractivity contribution is 6.29. The number of halogens is 5. The topological polar surface area (TPSA) is 122 Å². The van der Waals surface area contributed by atoms with E-state index in [1.165, 1.54) is 24.3 Å². The molecule has 0 saturated heterocycles. The zero-order valence-corrected chi connectivity index (χ0v) is 24.8. The van der Waals surface area contributed by atoms with Crippen LogP contribution in [0, 0.1) is 90.2 Å². The Morgan fingerprint density at radius 1 is 0.720 bits per heavy atom. The lowest BCUT2D eigenvalue weighted by atomic mass is 9.89. The van der Waals surface area contributed by atoms with Crippen LogP contribution in [0.5, 0.6) is 5.75 Å². The van der Waals surface area contributed by atoms with Crippen LogP contribution in [0.2, 0.25) is 0 Å². The second-order valence-electron chi connectivity index (χ2n) is 10.2. The molecule has 0 aliphatic heterocycles. The van der Waals surface area contributed by atoms with E-state index in [4.69, 9.17) is 26.3 Å². The zero-order chi connectivity index (χ0) is 36.7. The van der Waals surface area contributed by atoms with Gasteiger partial charge in [-0.15, -0.1) is 13.2 Å². The highest BCUT2D eigenvalue weighted by atomic mass is 19.4. The summed E-state index contributed by atoms with van der Waals surface area (Å²) in [7, 11) is 0. The van der Waals surface area contributed by atoms with Crippen molar-refractivity contribution in [1.82, 2.24) is 0 Å². The summed E-state index contributed by atoms with van der Waals surface area (Å²) in [6, 6.07) is 13.0. The molecule has 3 aromatic carbocycles. The number of nitriles is 4. The maximum Gasteiger partial charge on any atom is 0.573 e. The normalized spacial score (nSPS) is 14.8. The number of alkyl halides is 3. The first kappa shape index (κ1) is 33.4. The smallest absolute Gasteiger partial charge is 0.404 e. The van der Waals surface area contributed by atoms with Crippen molar-refractivity contribution in [3.8, 4) is 30.0 Å². The van der Waals surface area contributed by atoms with Gasteiger partial charge in [0.2, 0.25) is 5.70 Å². The number of fused-ring (bicyclic) bond motifs is 2. The molecule has 0 heterocycles. The first-order chi connectivity index (χ1) is 23.8. The van der Waals surface area contributed by atoms with Crippen LogP contribution < -0.4 is 4.74 Å². The van der Waals surface area contributed by atoms with E-state index in [1.807, 2.05) is 0 Å². The van der Waals surface area contributed by atoms with Crippen molar-refractivity contribution in [2.45, 2.75) is 13.3 Å². The molecular weight excluding hydrogens is 655 g/mol. The summed E-state index contributed by atoms with van der Waals surface area (Å²) in [5.74, 6) is -3.78. The standard InChI is InChI=1S/C36H9F5N8O/c1-16-6-7-18(11-21(16)46-2)26-29(23(15-45)48-4)31-32(35(26)49-5)33(37)27-20(13-43)25(28(22(14-44)47-3)30(27)34(31)38)17-8-9-24(19(10-17)12-42)50-36(39,40)41/h6-11H,1H3/b28-22-,29-23+. The third kappa shape index (κ3) is 4.94. The molecule has 0 bridgehead atoms. The molecule has 14 heteroatoms. The van der Waals surface area contributed by atoms with Crippen molar-refractivity contribution in [2.75, 3.05) is 0 Å². The molecule has 0 saturated carbocycles. The Labute approximate surface area is 279 Å². The van der Waals surface area contributed by atoms with Crippen LogP contribution in [-0.2, 0) is 0 Å². The van der Waals surface area contributed by atoms with Gasteiger partial charge in [0.1, 0.15) is 29.5 Å². The number of hydrogen-bond donors (Lipinski definition) is 0. The van der Waals surface area contributed by atoms with Gasteiger partial charge in [0.25, 0.3) is 11.4 Å². The molecule has 0 radical (unpaired) electrons. The van der Waals surface area contributed by atoms with Gasteiger partial charge in [-0.1, -0.05) is 18.2 Å². The molecule has 0 aromatic heterocycles.